The fourth-order valence-corrected chi connectivity index (χ4v) is 4.45. The second-order valence-corrected chi connectivity index (χ2v) is 8.07. The summed E-state index contributed by atoms with van der Waals surface area (Å²) in [4.78, 5) is 25.9. The number of carbonyl (C=O) groups excluding carboxylic acids is 1. The highest BCUT2D eigenvalue weighted by molar-refractivity contribution is 7.22. The number of aryl methyl sites for hydroxylation is 1. The molecule has 0 bridgehead atoms. The summed E-state index contributed by atoms with van der Waals surface area (Å²) in [5.74, 6) is 1.16. The first-order valence-corrected chi connectivity index (χ1v) is 10.6. The molecule has 1 N–H and O–H groups in total. The molecule has 0 saturated carbocycles. The third kappa shape index (κ3) is 4.57. The molecular weight excluding hydrogens is 372 g/mol. The number of carbonyl (C=O) groups is 1. The lowest BCUT2D eigenvalue weighted by molar-refractivity contribution is -0.117. The molecule has 3 aromatic rings. The molecule has 3 heterocycles. The van der Waals surface area contributed by atoms with Crippen molar-refractivity contribution in [3.05, 3.63) is 42.5 Å². The molecule has 0 spiro atoms. The number of thiazole rings is 1. The minimum atomic E-state index is 0.0125. The van der Waals surface area contributed by atoms with Gasteiger partial charge in [-0.1, -0.05) is 30.4 Å². The summed E-state index contributed by atoms with van der Waals surface area (Å²) in [6.45, 7) is 8.36. The van der Waals surface area contributed by atoms with Crippen LogP contribution in [0.15, 0.2) is 36.7 Å². The fraction of sp³-hybridized carbons (Fsp3) is 0.450. The van der Waals surface area contributed by atoms with E-state index in [1.165, 1.54) is 11.3 Å². The van der Waals surface area contributed by atoms with Gasteiger partial charge in [0.25, 0.3) is 0 Å². The maximum absolute atomic E-state index is 12.4. The smallest absolute Gasteiger partial charge is 0.240 e. The van der Waals surface area contributed by atoms with Gasteiger partial charge < -0.3 is 9.88 Å². The zero-order valence-corrected chi connectivity index (χ0v) is 17.0. The highest BCUT2D eigenvalue weighted by atomic mass is 32.1. The van der Waals surface area contributed by atoms with Crippen LogP contribution in [0.3, 0.4) is 0 Å². The molecule has 1 aromatic carbocycles. The van der Waals surface area contributed by atoms with Crippen molar-refractivity contribution < 1.29 is 4.79 Å². The summed E-state index contributed by atoms with van der Waals surface area (Å²) in [5, 5.41) is 3.63. The lowest BCUT2D eigenvalue weighted by Gasteiger charge is -2.34. The highest BCUT2D eigenvalue weighted by Crippen LogP contribution is 2.25. The summed E-state index contributed by atoms with van der Waals surface area (Å²) in [6, 6.07) is 7.94. The van der Waals surface area contributed by atoms with Crippen LogP contribution in [0.2, 0.25) is 0 Å². The van der Waals surface area contributed by atoms with Gasteiger partial charge in [-0.05, 0) is 12.1 Å². The summed E-state index contributed by atoms with van der Waals surface area (Å²) >= 11 is 1.52. The number of para-hydroxylation sites is 1. The highest BCUT2D eigenvalue weighted by Gasteiger charge is 2.19. The molecule has 0 aliphatic carbocycles. The van der Waals surface area contributed by atoms with Crippen molar-refractivity contribution in [2.24, 2.45) is 0 Å². The number of amides is 1. The van der Waals surface area contributed by atoms with Crippen LogP contribution in [0.5, 0.6) is 0 Å². The molecule has 1 fully saturated rings. The van der Waals surface area contributed by atoms with Gasteiger partial charge in [-0.2, -0.15) is 0 Å². The van der Waals surface area contributed by atoms with Crippen LogP contribution in [0, 0.1) is 0 Å². The summed E-state index contributed by atoms with van der Waals surface area (Å²) in [7, 11) is 0. The monoisotopic (exact) mass is 398 g/mol. The standard InChI is InChI=1S/C20H26N6OS/c1-2-18-21-7-8-26(18)14-13-24-9-11-25(12-10-24)15-19(27)23-20-22-16-5-3-4-6-17(16)28-20/h3-8H,2,9-15H2,1H3,(H,22,23,27). The predicted molar refractivity (Wildman–Crippen MR) is 113 cm³/mol. The Kier molecular flexibility index (Phi) is 5.99. The fourth-order valence-electron chi connectivity index (χ4n) is 3.57. The van der Waals surface area contributed by atoms with Crippen LogP contribution in [-0.2, 0) is 17.8 Å². The Labute approximate surface area is 169 Å². The number of nitrogens with zero attached hydrogens (tertiary/aromatic N) is 5. The molecule has 1 aliphatic rings. The quantitative estimate of drug-likeness (QED) is 0.662. The molecule has 1 saturated heterocycles. The maximum atomic E-state index is 12.4. The van der Waals surface area contributed by atoms with E-state index in [9.17, 15) is 4.79 Å². The Bertz CT molecular complexity index is 895. The Hall–Kier alpha value is -2.29. The molecule has 0 unspecified atom stereocenters. The number of benzene rings is 1. The van der Waals surface area contributed by atoms with Crippen molar-refractivity contribution in [3.8, 4) is 0 Å². The van der Waals surface area contributed by atoms with E-state index < -0.39 is 0 Å². The minimum Gasteiger partial charge on any atom is -0.334 e. The Balaban J connectivity index is 1.21. The molecule has 8 heteroatoms. The van der Waals surface area contributed by atoms with Crippen LogP contribution in [0.1, 0.15) is 12.7 Å². The number of piperazine rings is 1. The second kappa shape index (κ2) is 8.81. The average molecular weight is 399 g/mol. The van der Waals surface area contributed by atoms with Crippen molar-refractivity contribution in [2.45, 2.75) is 19.9 Å². The number of nitrogens with one attached hydrogen (secondary N) is 1. The number of rotatable bonds is 7. The average Bonchev–Trinajstić information content (AvgIpc) is 3.33. The molecule has 1 aliphatic heterocycles. The van der Waals surface area contributed by atoms with Crippen LogP contribution in [-0.4, -0.2) is 69.5 Å². The maximum Gasteiger partial charge on any atom is 0.240 e. The van der Waals surface area contributed by atoms with Gasteiger partial charge in [0, 0.05) is 58.1 Å². The third-order valence-corrected chi connectivity index (χ3v) is 6.10. The summed E-state index contributed by atoms with van der Waals surface area (Å²) in [6.07, 6.45) is 4.90. The Morgan fingerprint density at radius 3 is 2.71 bits per heavy atom. The van der Waals surface area contributed by atoms with Crippen LogP contribution < -0.4 is 5.32 Å². The zero-order valence-electron chi connectivity index (χ0n) is 16.2. The lowest BCUT2D eigenvalue weighted by atomic mass is 10.3. The van der Waals surface area contributed by atoms with Gasteiger partial charge in [0.15, 0.2) is 5.13 Å². The van der Waals surface area contributed by atoms with E-state index in [1.807, 2.05) is 30.5 Å². The number of hydrogen-bond donors (Lipinski definition) is 1. The van der Waals surface area contributed by atoms with E-state index in [-0.39, 0.29) is 5.91 Å². The minimum absolute atomic E-state index is 0.0125. The van der Waals surface area contributed by atoms with Gasteiger partial charge in [0.2, 0.25) is 5.91 Å². The van der Waals surface area contributed by atoms with Crippen molar-refractivity contribution >= 4 is 32.6 Å². The first kappa shape index (κ1) is 19.0. The largest absolute Gasteiger partial charge is 0.334 e. The van der Waals surface area contributed by atoms with E-state index >= 15 is 0 Å². The van der Waals surface area contributed by atoms with E-state index in [1.54, 1.807) is 0 Å². The van der Waals surface area contributed by atoms with E-state index in [0.717, 1.165) is 61.7 Å². The third-order valence-electron chi connectivity index (χ3n) is 5.15. The SMILES string of the molecule is CCc1nccn1CCN1CCN(CC(=O)Nc2nc3ccccc3s2)CC1. The van der Waals surface area contributed by atoms with Gasteiger partial charge in [-0.3, -0.25) is 14.6 Å². The molecule has 0 radical (unpaired) electrons. The van der Waals surface area contributed by atoms with Gasteiger partial charge >= 0.3 is 0 Å². The predicted octanol–water partition coefficient (Wildman–Crippen LogP) is 2.31. The Morgan fingerprint density at radius 2 is 1.93 bits per heavy atom. The van der Waals surface area contributed by atoms with Crippen LogP contribution in [0.25, 0.3) is 10.2 Å². The molecule has 0 atom stereocenters. The topological polar surface area (TPSA) is 66.3 Å². The molecular formula is C20H26N6OS. The lowest BCUT2D eigenvalue weighted by Crippen LogP contribution is -2.49. The second-order valence-electron chi connectivity index (χ2n) is 7.04. The van der Waals surface area contributed by atoms with Crippen molar-refractivity contribution in [1.82, 2.24) is 24.3 Å². The van der Waals surface area contributed by atoms with Gasteiger partial charge in [-0.25, -0.2) is 9.97 Å². The molecule has 148 valence electrons. The van der Waals surface area contributed by atoms with Crippen LogP contribution >= 0.6 is 11.3 Å². The van der Waals surface area contributed by atoms with Crippen LogP contribution in [0.4, 0.5) is 5.13 Å². The number of hydrogen-bond acceptors (Lipinski definition) is 6. The van der Waals surface area contributed by atoms with Gasteiger partial charge in [-0.15, -0.1) is 0 Å². The van der Waals surface area contributed by atoms with E-state index in [0.29, 0.717) is 11.7 Å². The number of aromatic nitrogens is 3. The first-order chi connectivity index (χ1) is 13.7. The van der Waals surface area contributed by atoms with Crippen molar-refractivity contribution in [2.75, 3.05) is 44.6 Å². The summed E-state index contributed by atoms with van der Waals surface area (Å²) < 4.78 is 3.33. The van der Waals surface area contributed by atoms with E-state index in [2.05, 4.69) is 42.8 Å². The normalized spacial score (nSPS) is 15.9. The molecule has 28 heavy (non-hydrogen) atoms. The van der Waals surface area contributed by atoms with Crippen molar-refractivity contribution in [3.63, 3.8) is 0 Å². The zero-order chi connectivity index (χ0) is 19.3. The molecule has 7 nitrogen and oxygen atoms in total. The molecule has 4 rings (SSSR count). The van der Waals surface area contributed by atoms with Crippen molar-refractivity contribution in [1.29, 1.82) is 0 Å². The molecule has 2 aromatic heterocycles. The van der Waals surface area contributed by atoms with Gasteiger partial charge in [0.05, 0.1) is 16.8 Å². The van der Waals surface area contributed by atoms with E-state index in [4.69, 9.17) is 0 Å². The summed E-state index contributed by atoms with van der Waals surface area (Å²) in [5.41, 5.74) is 0.931. The number of anilines is 1. The Morgan fingerprint density at radius 1 is 1.14 bits per heavy atom. The first-order valence-electron chi connectivity index (χ1n) is 9.81. The molecule has 1 amide bonds. The number of fused-ring (bicyclic) bond motifs is 1. The number of imidazole rings is 1. The van der Waals surface area contributed by atoms with Gasteiger partial charge in [0.1, 0.15) is 5.82 Å².